The van der Waals surface area contributed by atoms with Crippen LogP contribution in [0, 0.1) is 0 Å². The lowest BCUT2D eigenvalue weighted by molar-refractivity contribution is 1.16. The molecule has 25 heavy (non-hydrogen) atoms. The Kier molecular flexibility index (Phi) is 4.01. The van der Waals surface area contributed by atoms with E-state index in [1.807, 2.05) is 54.6 Å². The lowest BCUT2D eigenvalue weighted by atomic mass is 10.3. The van der Waals surface area contributed by atoms with Crippen LogP contribution < -0.4 is 21.9 Å². The molecule has 4 rings (SSSR count). The molecule has 0 radical (unpaired) electrons. The van der Waals surface area contributed by atoms with Gasteiger partial charge in [-0.3, -0.25) is 10.9 Å². The number of nitrogen functional groups attached to an aromatic ring is 1. The van der Waals surface area contributed by atoms with Crippen molar-refractivity contribution in [3.63, 3.8) is 0 Å². The molecular weight excluding hydrogens is 334 g/mol. The van der Waals surface area contributed by atoms with E-state index < -0.39 is 0 Å². The number of nitrogens with two attached hydrogens (primary N) is 1. The normalized spacial score (nSPS) is 10.6. The van der Waals surface area contributed by atoms with Crippen LogP contribution in [0.1, 0.15) is 0 Å². The van der Waals surface area contributed by atoms with Gasteiger partial charge in [0, 0.05) is 0 Å². The van der Waals surface area contributed by atoms with Crippen molar-refractivity contribution in [1.29, 1.82) is 0 Å². The minimum absolute atomic E-state index is 0.408. The van der Waals surface area contributed by atoms with Crippen LogP contribution in [0.3, 0.4) is 0 Å². The Morgan fingerprint density at radius 2 is 1.60 bits per heavy atom. The Morgan fingerprint density at radius 3 is 2.44 bits per heavy atom. The zero-order chi connectivity index (χ0) is 17.1. The molecule has 5 N–H and O–H groups in total. The van der Waals surface area contributed by atoms with Crippen LogP contribution in [0.25, 0.3) is 10.2 Å². The molecule has 0 aliphatic carbocycles. The molecule has 0 aliphatic heterocycles. The first-order valence-corrected chi connectivity index (χ1v) is 8.41. The van der Waals surface area contributed by atoms with Crippen molar-refractivity contribution in [1.82, 2.24) is 15.0 Å². The monoisotopic (exact) mass is 349 g/mol. The van der Waals surface area contributed by atoms with Crippen molar-refractivity contribution in [3.05, 3.63) is 60.9 Å². The fraction of sp³-hybridized carbons (Fsp3) is 0. The second-order valence-corrected chi connectivity index (χ2v) is 6.24. The van der Waals surface area contributed by atoms with E-state index in [1.54, 1.807) is 11.3 Å². The minimum atomic E-state index is 0.408. The zero-order valence-electron chi connectivity index (χ0n) is 13.1. The van der Waals surface area contributed by atoms with Crippen molar-refractivity contribution in [3.8, 4) is 0 Å². The molecule has 4 aromatic rings. The maximum absolute atomic E-state index is 6.18. The molecule has 0 spiro atoms. The van der Waals surface area contributed by atoms with Gasteiger partial charge in [0.15, 0.2) is 16.8 Å². The number of fused-ring (bicyclic) bond motifs is 1. The molecule has 2 aromatic carbocycles. The molecule has 0 saturated heterocycles. The summed E-state index contributed by atoms with van der Waals surface area (Å²) in [7, 11) is 0. The SMILES string of the molecule is Nc1c(NNc2ccccc2)ncnc1Nc1nc2ccccc2s1. The van der Waals surface area contributed by atoms with Crippen molar-refractivity contribution in [2.24, 2.45) is 0 Å². The van der Waals surface area contributed by atoms with Crippen molar-refractivity contribution < 1.29 is 0 Å². The average molecular weight is 349 g/mol. The highest BCUT2D eigenvalue weighted by atomic mass is 32.1. The average Bonchev–Trinajstić information content (AvgIpc) is 3.06. The van der Waals surface area contributed by atoms with E-state index in [0.29, 0.717) is 17.3 Å². The van der Waals surface area contributed by atoms with E-state index in [2.05, 4.69) is 31.1 Å². The maximum atomic E-state index is 6.18. The number of hydrazine groups is 1. The summed E-state index contributed by atoms with van der Waals surface area (Å²) in [5.41, 5.74) is 14.5. The summed E-state index contributed by atoms with van der Waals surface area (Å²) in [6.45, 7) is 0. The first kappa shape index (κ1) is 15.2. The van der Waals surface area contributed by atoms with Gasteiger partial charge in [0.05, 0.1) is 15.9 Å². The second-order valence-electron chi connectivity index (χ2n) is 5.21. The Bertz CT molecular complexity index is 967. The van der Waals surface area contributed by atoms with Gasteiger partial charge < -0.3 is 11.1 Å². The molecule has 0 amide bonds. The highest BCUT2D eigenvalue weighted by Gasteiger charge is 2.10. The molecule has 8 heteroatoms. The standard InChI is InChI=1S/C17H15N7S/c18-14-15(22-17-21-12-8-4-5-9-13(12)25-17)19-10-20-16(14)24-23-11-6-2-1-3-7-11/h1-10,23H,18H2,(H2,19,20,21,22,24). The Labute approximate surface area is 147 Å². The van der Waals surface area contributed by atoms with Crippen LogP contribution >= 0.6 is 11.3 Å². The molecule has 0 unspecified atom stereocenters. The quantitative estimate of drug-likeness (QED) is 0.406. The summed E-state index contributed by atoms with van der Waals surface area (Å²) >= 11 is 1.54. The van der Waals surface area contributed by atoms with Gasteiger partial charge in [-0.05, 0) is 24.3 Å². The van der Waals surface area contributed by atoms with E-state index >= 15 is 0 Å². The molecule has 0 saturated carbocycles. The number of anilines is 5. The van der Waals surface area contributed by atoms with E-state index in [4.69, 9.17) is 5.73 Å². The summed E-state index contributed by atoms with van der Waals surface area (Å²) in [4.78, 5) is 12.9. The van der Waals surface area contributed by atoms with Gasteiger partial charge in [-0.15, -0.1) is 0 Å². The Balaban J connectivity index is 1.54. The highest BCUT2D eigenvalue weighted by Crippen LogP contribution is 2.30. The predicted molar refractivity (Wildman–Crippen MR) is 103 cm³/mol. The van der Waals surface area contributed by atoms with Gasteiger partial charge in [-0.2, -0.15) is 0 Å². The van der Waals surface area contributed by atoms with Crippen LogP contribution in [-0.2, 0) is 0 Å². The molecule has 0 fully saturated rings. The third-order valence-corrected chi connectivity index (χ3v) is 4.45. The number of hydrogen-bond donors (Lipinski definition) is 4. The number of rotatable bonds is 5. The number of nitrogens with zero attached hydrogens (tertiary/aromatic N) is 3. The van der Waals surface area contributed by atoms with E-state index in [1.165, 1.54) is 6.33 Å². The molecule has 2 heterocycles. The van der Waals surface area contributed by atoms with E-state index in [9.17, 15) is 0 Å². The van der Waals surface area contributed by atoms with Gasteiger partial charge in [0.25, 0.3) is 0 Å². The highest BCUT2D eigenvalue weighted by molar-refractivity contribution is 7.22. The lowest BCUT2D eigenvalue weighted by Gasteiger charge is -2.12. The van der Waals surface area contributed by atoms with E-state index in [-0.39, 0.29) is 0 Å². The number of para-hydroxylation sites is 2. The summed E-state index contributed by atoms with van der Waals surface area (Å²) in [6, 6.07) is 17.6. The molecule has 7 nitrogen and oxygen atoms in total. The van der Waals surface area contributed by atoms with Crippen LogP contribution in [0.5, 0.6) is 0 Å². The Morgan fingerprint density at radius 1 is 0.840 bits per heavy atom. The fourth-order valence-corrected chi connectivity index (χ4v) is 3.14. The third kappa shape index (κ3) is 3.29. The summed E-state index contributed by atoms with van der Waals surface area (Å²) in [5, 5.41) is 3.89. The smallest absolute Gasteiger partial charge is 0.189 e. The summed E-state index contributed by atoms with van der Waals surface area (Å²) < 4.78 is 1.10. The first-order valence-electron chi connectivity index (χ1n) is 7.60. The fourth-order valence-electron chi connectivity index (χ4n) is 2.27. The number of thiazole rings is 1. The second kappa shape index (κ2) is 6.62. The molecular formula is C17H15N7S. The largest absolute Gasteiger partial charge is 0.393 e. The number of nitrogens with one attached hydrogen (secondary N) is 3. The van der Waals surface area contributed by atoms with Gasteiger partial charge in [0.2, 0.25) is 0 Å². The van der Waals surface area contributed by atoms with Crippen molar-refractivity contribution in [2.45, 2.75) is 0 Å². The molecule has 124 valence electrons. The molecule has 0 bridgehead atoms. The number of aromatic nitrogens is 3. The van der Waals surface area contributed by atoms with Gasteiger partial charge in [-0.25, -0.2) is 15.0 Å². The molecule has 0 aliphatic rings. The van der Waals surface area contributed by atoms with Crippen LogP contribution in [-0.4, -0.2) is 15.0 Å². The van der Waals surface area contributed by atoms with Gasteiger partial charge >= 0.3 is 0 Å². The van der Waals surface area contributed by atoms with Crippen molar-refractivity contribution >= 4 is 49.7 Å². The first-order chi connectivity index (χ1) is 12.3. The number of benzene rings is 2. The van der Waals surface area contributed by atoms with Crippen LogP contribution in [0.4, 0.5) is 28.1 Å². The topological polar surface area (TPSA) is 101 Å². The molecule has 2 aromatic heterocycles. The zero-order valence-corrected chi connectivity index (χ0v) is 13.9. The lowest BCUT2D eigenvalue weighted by Crippen LogP contribution is -2.13. The predicted octanol–water partition coefficient (Wildman–Crippen LogP) is 3.85. The van der Waals surface area contributed by atoms with Crippen LogP contribution in [0.15, 0.2) is 60.9 Å². The maximum Gasteiger partial charge on any atom is 0.189 e. The van der Waals surface area contributed by atoms with Gasteiger partial charge in [-0.1, -0.05) is 41.7 Å². The van der Waals surface area contributed by atoms with Crippen LogP contribution in [0.2, 0.25) is 0 Å². The van der Waals surface area contributed by atoms with Crippen molar-refractivity contribution in [2.75, 3.05) is 21.9 Å². The number of hydrogen-bond acceptors (Lipinski definition) is 8. The summed E-state index contributed by atoms with van der Waals surface area (Å²) in [6.07, 6.45) is 1.45. The summed E-state index contributed by atoms with van der Waals surface area (Å²) in [5.74, 6) is 0.994. The minimum Gasteiger partial charge on any atom is -0.393 e. The van der Waals surface area contributed by atoms with Gasteiger partial charge in [0.1, 0.15) is 12.0 Å². The third-order valence-electron chi connectivity index (χ3n) is 3.50. The molecule has 0 atom stereocenters. The van der Waals surface area contributed by atoms with E-state index in [0.717, 1.165) is 21.0 Å². The Hall–Kier alpha value is -3.39.